The second-order valence-electron chi connectivity index (χ2n) is 6.15. The number of ether oxygens (including phenoxy) is 2. The van der Waals surface area contributed by atoms with Gasteiger partial charge in [0.1, 0.15) is 0 Å². The van der Waals surface area contributed by atoms with Gasteiger partial charge in [0.15, 0.2) is 23.8 Å². The number of hydrazine groups is 1. The minimum Gasteiger partial charge on any atom is -0.493 e. The van der Waals surface area contributed by atoms with Crippen molar-refractivity contribution in [3.63, 3.8) is 0 Å². The van der Waals surface area contributed by atoms with Gasteiger partial charge in [0.05, 0.1) is 12.5 Å². The van der Waals surface area contributed by atoms with Crippen LogP contribution in [-0.2, 0) is 4.79 Å². The molecule has 0 fully saturated rings. The van der Waals surface area contributed by atoms with Gasteiger partial charge in [0.25, 0.3) is 17.4 Å². The molecule has 2 amide bonds. The van der Waals surface area contributed by atoms with E-state index in [4.69, 9.17) is 9.47 Å². The lowest BCUT2D eigenvalue weighted by Crippen LogP contribution is -2.44. The highest BCUT2D eigenvalue weighted by molar-refractivity contribution is 6.05. The average molecular weight is 408 g/mol. The third-order valence-corrected chi connectivity index (χ3v) is 4.13. The Kier molecular flexibility index (Phi) is 6.43. The third-order valence-electron chi connectivity index (χ3n) is 4.13. The van der Waals surface area contributed by atoms with Gasteiger partial charge in [-0.05, 0) is 30.7 Å². The summed E-state index contributed by atoms with van der Waals surface area (Å²) in [6.45, 7) is 1.56. The van der Waals surface area contributed by atoms with E-state index in [1.54, 1.807) is 36.4 Å². The summed E-state index contributed by atoms with van der Waals surface area (Å²) < 4.78 is 10.7. The zero-order valence-electron chi connectivity index (χ0n) is 16.4. The van der Waals surface area contributed by atoms with Gasteiger partial charge in [-0.15, -0.1) is 0 Å². The number of amides is 2. The number of benzene rings is 2. The maximum atomic E-state index is 12.4. The van der Waals surface area contributed by atoms with Crippen LogP contribution < -0.4 is 25.9 Å². The predicted octanol–water partition coefficient (Wildman–Crippen LogP) is 1.80. The van der Waals surface area contributed by atoms with E-state index in [2.05, 4.69) is 21.0 Å². The molecular formula is C21H20N4O5. The Morgan fingerprint density at radius 3 is 2.60 bits per heavy atom. The van der Waals surface area contributed by atoms with Crippen LogP contribution in [0.1, 0.15) is 23.0 Å². The zero-order valence-corrected chi connectivity index (χ0v) is 16.4. The van der Waals surface area contributed by atoms with E-state index in [0.717, 1.165) is 5.56 Å². The molecule has 9 nitrogen and oxygen atoms in total. The number of carbonyl (C=O) groups excluding carboxylic acids is 2. The highest BCUT2D eigenvalue weighted by atomic mass is 16.5. The van der Waals surface area contributed by atoms with Crippen molar-refractivity contribution in [2.24, 2.45) is 0 Å². The molecule has 0 aliphatic heterocycles. The zero-order chi connectivity index (χ0) is 21.5. The minimum atomic E-state index is -0.677. The van der Waals surface area contributed by atoms with Gasteiger partial charge in [-0.25, -0.2) is 5.10 Å². The van der Waals surface area contributed by atoms with Crippen molar-refractivity contribution in [3.05, 3.63) is 70.2 Å². The van der Waals surface area contributed by atoms with Gasteiger partial charge in [-0.2, -0.15) is 5.10 Å². The van der Waals surface area contributed by atoms with Crippen molar-refractivity contribution in [1.29, 1.82) is 0 Å². The second kappa shape index (κ2) is 9.37. The fourth-order valence-electron chi connectivity index (χ4n) is 2.75. The fourth-order valence-corrected chi connectivity index (χ4v) is 2.75. The number of nitrogens with zero attached hydrogens (tertiary/aromatic N) is 1. The van der Waals surface area contributed by atoms with E-state index in [1.807, 2.05) is 25.1 Å². The molecule has 0 saturated heterocycles. The summed E-state index contributed by atoms with van der Waals surface area (Å²) in [5, 5.41) is 6.72. The Labute approximate surface area is 171 Å². The molecule has 0 aliphatic carbocycles. The Balaban J connectivity index is 1.61. The number of fused-ring (bicyclic) bond motifs is 1. The van der Waals surface area contributed by atoms with E-state index >= 15 is 0 Å². The maximum absolute atomic E-state index is 12.4. The van der Waals surface area contributed by atoms with Crippen LogP contribution in [-0.4, -0.2) is 35.7 Å². The van der Waals surface area contributed by atoms with Crippen molar-refractivity contribution < 1.29 is 19.1 Å². The van der Waals surface area contributed by atoms with Crippen LogP contribution in [0.4, 0.5) is 0 Å². The fraction of sp³-hybridized carbons (Fsp3) is 0.143. The van der Waals surface area contributed by atoms with Crippen LogP contribution in [0.25, 0.3) is 16.8 Å². The average Bonchev–Trinajstić information content (AvgIpc) is 2.77. The Bertz CT molecular complexity index is 1170. The molecule has 1 aromatic heterocycles. The molecular weight excluding hydrogens is 388 g/mol. The molecule has 0 aliphatic rings. The molecule has 0 saturated carbocycles. The van der Waals surface area contributed by atoms with Crippen molar-refractivity contribution in [2.45, 2.75) is 6.92 Å². The molecule has 1 heterocycles. The van der Waals surface area contributed by atoms with Crippen LogP contribution in [0.3, 0.4) is 0 Å². The molecule has 0 unspecified atom stereocenters. The number of methoxy groups -OCH3 is 1. The lowest BCUT2D eigenvalue weighted by Gasteiger charge is -2.12. The smallest absolute Gasteiger partial charge is 0.290 e. The number of aromatic amines is 1. The van der Waals surface area contributed by atoms with Crippen LogP contribution in [0.2, 0.25) is 0 Å². The van der Waals surface area contributed by atoms with Crippen LogP contribution in [0.5, 0.6) is 11.5 Å². The summed E-state index contributed by atoms with van der Waals surface area (Å²) in [7, 11) is 1.50. The van der Waals surface area contributed by atoms with Crippen molar-refractivity contribution in [1.82, 2.24) is 21.0 Å². The number of nitrogens with one attached hydrogen (secondary N) is 3. The molecule has 2 aromatic carbocycles. The first-order valence-corrected chi connectivity index (χ1v) is 9.03. The summed E-state index contributed by atoms with van der Waals surface area (Å²) in [4.78, 5) is 36.2. The van der Waals surface area contributed by atoms with Crippen molar-refractivity contribution in [3.8, 4) is 11.5 Å². The number of carbonyl (C=O) groups is 2. The van der Waals surface area contributed by atoms with Gasteiger partial charge in [-0.3, -0.25) is 25.2 Å². The van der Waals surface area contributed by atoms with E-state index in [1.165, 1.54) is 7.11 Å². The summed E-state index contributed by atoms with van der Waals surface area (Å²) in [6, 6.07) is 11.8. The van der Waals surface area contributed by atoms with E-state index in [9.17, 15) is 14.4 Å². The van der Waals surface area contributed by atoms with Gasteiger partial charge in [0.2, 0.25) is 0 Å². The molecule has 154 valence electrons. The Morgan fingerprint density at radius 1 is 1.10 bits per heavy atom. The van der Waals surface area contributed by atoms with Crippen LogP contribution in [0, 0.1) is 0 Å². The van der Waals surface area contributed by atoms with Crippen molar-refractivity contribution >= 4 is 28.7 Å². The van der Waals surface area contributed by atoms with Crippen LogP contribution in [0.15, 0.2) is 53.3 Å². The summed E-state index contributed by atoms with van der Waals surface area (Å²) >= 11 is 0. The summed E-state index contributed by atoms with van der Waals surface area (Å²) in [6.07, 6.45) is 3.80. The topological polar surface area (TPSA) is 122 Å². The number of hydrogen-bond acceptors (Lipinski definition) is 6. The number of H-pyrrole nitrogens is 1. The van der Waals surface area contributed by atoms with E-state index in [-0.39, 0.29) is 12.3 Å². The van der Waals surface area contributed by atoms with Crippen molar-refractivity contribution in [2.75, 3.05) is 13.7 Å². The number of aromatic nitrogens is 2. The van der Waals surface area contributed by atoms with E-state index in [0.29, 0.717) is 22.3 Å². The lowest BCUT2D eigenvalue weighted by molar-refractivity contribution is -0.123. The number of allylic oxidation sites excluding steroid dienone is 1. The quantitative estimate of drug-likeness (QED) is 0.535. The minimum absolute atomic E-state index is 0.0207. The summed E-state index contributed by atoms with van der Waals surface area (Å²) in [5.41, 5.74) is 5.01. The van der Waals surface area contributed by atoms with E-state index < -0.39 is 17.4 Å². The Morgan fingerprint density at radius 2 is 1.87 bits per heavy atom. The monoisotopic (exact) mass is 408 g/mol. The lowest BCUT2D eigenvalue weighted by atomic mass is 10.1. The molecule has 9 heteroatoms. The first kappa shape index (κ1) is 20.6. The third kappa shape index (κ3) is 4.64. The predicted molar refractivity (Wildman–Crippen MR) is 111 cm³/mol. The van der Waals surface area contributed by atoms with Crippen LogP contribution >= 0.6 is 0 Å². The van der Waals surface area contributed by atoms with Gasteiger partial charge >= 0.3 is 0 Å². The first-order chi connectivity index (χ1) is 14.5. The highest BCUT2D eigenvalue weighted by Gasteiger charge is 2.15. The van der Waals surface area contributed by atoms with Gasteiger partial charge in [0, 0.05) is 5.39 Å². The number of rotatable bonds is 6. The molecule has 0 atom stereocenters. The molecule has 0 bridgehead atoms. The first-order valence-electron chi connectivity index (χ1n) is 9.03. The maximum Gasteiger partial charge on any atom is 0.290 e. The molecule has 3 aromatic rings. The SMILES string of the molecule is C/C=C/c1ccc(OCC(=O)NNC(=O)c2n[nH]c(=O)c3ccccc23)c(OC)c1. The number of hydrogen-bond donors (Lipinski definition) is 3. The summed E-state index contributed by atoms with van der Waals surface area (Å²) in [5.74, 6) is -0.396. The normalized spacial score (nSPS) is 10.7. The molecule has 0 spiro atoms. The molecule has 3 rings (SSSR count). The molecule has 3 N–H and O–H groups in total. The Hall–Kier alpha value is -4.14. The van der Waals surface area contributed by atoms with Gasteiger partial charge in [-0.1, -0.05) is 36.4 Å². The van der Waals surface area contributed by atoms with Gasteiger partial charge < -0.3 is 9.47 Å². The molecule has 30 heavy (non-hydrogen) atoms. The standard InChI is InChI=1S/C21H20N4O5/c1-3-6-13-9-10-16(17(11-13)29-2)30-12-18(26)22-25-21(28)19-14-7-4-5-8-15(14)20(27)24-23-19/h3-11H,12H2,1-2H3,(H,22,26)(H,24,27)(H,25,28)/b6-3+. The molecule has 0 radical (unpaired) electrons. The largest absolute Gasteiger partial charge is 0.493 e. The highest BCUT2D eigenvalue weighted by Crippen LogP contribution is 2.28. The second-order valence-corrected chi connectivity index (χ2v) is 6.15.